The quantitative estimate of drug-likeness (QED) is 0.415. The average Bonchev–Trinajstić information content (AvgIpc) is 2.46. The van der Waals surface area contributed by atoms with Crippen LogP contribution in [0.25, 0.3) is 0 Å². The second-order valence-corrected chi connectivity index (χ2v) is 4.91. The van der Waals surface area contributed by atoms with Crippen molar-refractivity contribution in [2.45, 2.75) is 46.3 Å². The molecule has 0 saturated carbocycles. The monoisotopic (exact) mass is 405 g/mol. The number of benzene rings is 1. The molecule has 0 radical (unpaired) electrons. The lowest BCUT2D eigenvalue weighted by atomic mass is 10.3. The first kappa shape index (κ1) is 20.0. The van der Waals surface area contributed by atoms with Crippen molar-refractivity contribution in [1.82, 2.24) is 10.6 Å². The molecule has 2 N–H and O–H groups in total. The summed E-state index contributed by atoms with van der Waals surface area (Å²) >= 11 is 0. The van der Waals surface area contributed by atoms with Crippen LogP contribution in [-0.2, 0) is 0 Å². The molecule has 0 aliphatic carbocycles. The van der Waals surface area contributed by atoms with Gasteiger partial charge >= 0.3 is 0 Å². The van der Waals surface area contributed by atoms with Crippen LogP contribution in [0.5, 0.6) is 5.75 Å². The number of hydrogen-bond acceptors (Lipinski definition) is 2. The van der Waals surface area contributed by atoms with Crippen molar-refractivity contribution in [1.29, 1.82) is 0 Å². The van der Waals surface area contributed by atoms with E-state index in [0.717, 1.165) is 24.7 Å². The summed E-state index contributed by atoms with van der Waals surface area (Å²) in [6.07, 6.45) is 1.12. The van der Waals surface area contributed by atoms with E-state index in [4.69, 9.17) is 4.74 Å². The summed E-state index contributed by atoms with van der Waals surface area (Å²) in [6, 6.07) is 10.3. The molecular weight excluding hydrogens is 377 g/mol. The van der Waals surface area contributed by atoms with E-state index in [0.29, 0.717) is 12.6 Å². The Morgan fingerprint density at radius 2 is 1.86 bits per heavy atom. The summed E-state index contributed by atoms with van der Waals surface area (Å²) in [4.78, 5) is 4.57. The Morgan fingerprint density at radius 3 is 2.43 bits per heavy atom. The Hall–Kier alpha value is -0.980. The number of hydrogen-bond donors (Lipinski definition) is 2. The first-order valence-electron chi connectivity index (χ1n) is 7.42. The van der Waals surface area contributed by atoms with Crippen LogP contribution in [0.3, 0.4) is 0 Å². The predicted octanol–water partition coefficient (Wildman–Crippen LogP) is 3.43. The Morgan fingerprint density at radius 1 is 1.19 bits per heavy atom. The van der Waals surface area contributed by atoms with Crippen molar-refractivity contribution >= 4 is 29.9 Å². The number of nitrogens with one attached hydrogen (secondary N) is 2. The summed E-state index contributed by atoms with van der Waals surface area (Å²) < 4.78 is 5.81. The molecule has 21 heavy (non-hydrogen) atoms. The van der Waals surface area contributed by atoms with E-state index in [9.17, 15) is 0 Å². The highest BCUT2D eigenvalue weighted by atomic mass is 127. The van der Waals surface area contributed by atoms with Gasteiger partial charge in [0.1, 0.15) is 11.9 Å². The SMILES string of the molecule is CCNC(=NCC(C)Oc1ccccc1)NC(C)CC.I. The molecule has 0 aromatic heterocycles. The van der Waals surface area contributed by atoms with Gasteiger partial charge in [0.15, 0.2) is 5.96 Å². The van der Waals surface area contributed by atoms with Crippen LogP contribution in [0.1, 0.15) is 34.1 Å². The minimum atomic E-state index is 0. The number of ether oxygens (including phenoxy) is 1. The third-order valence-electron chi connectivity index (χ3n) is 2.93. The van der Waals surface area contributed by atoms with Crippen LogP contribution >= 0.6 is 24.0 Å². The topological polar surface area (TPSA) is 45.7 Å². The molecular formula is C16H28IN3O. The number of aliphatic imine (C=N–C) groups is 1. The smallest absolute Gasteiger partial charge is 0.191 e. The normalized spacial score (nSPS) is 13.8. The molecule has 0 fully saturated rings. The molecule has 120 valence electrons. The van der Waals surface area contributed by atoms with Crippen LogP contribution in [-0.4, -0.2) is 31.2 Å². The van der Waals surface area contributed by atoms with E-state index < -0.39 is 0 Å². The highest BCUT2D eigenvalue weighted by Crippen LogP contribution is 2.10. The van der Waals surface area contributed by atoms with Crippen molar-refractivity contribution in [3.8, 4) is 5.75 Å². The summed E-state index contributed by atoms with van der Waals surface area (Å²) in [5.41, 5.74) is 0. The predicted molar refractivity (Wildman–Crippen MR) is 101 cm³/mol. The molecule has 4 nitrogen and oxygen atoms in total. The van der Waals surface area contributed by atoms with E-state index in [-0.39, 0.29) is 30.1 Å². The highest BCUT2D eigenvalue weighted by Gasteiger charge is 2.06. The fourth-order valence-corrected chi connectivity index (χ4v) is 1.64. The van der Waals surface area contributed by atoms with Crippen molar-refractivity contribution in [2.75, 3.05) is 13.1 Å². The van der Waals surface area contributed by atoms with Gasteiger partial charge < -0.3 is 15.4 Å². The second kappa shape index (κ2) is 11.7. The number of nitrogens with zero attached hydrogens (tertiary/aromatic N) is 1. The van der Waals surface area contributed by atoms with Gasteiger partial charge in [0.05, 0.1) is 6.54 Å². The highest BCUT2D eigenvalue weighted by molar-refractivity contribution is 14.0. The van der Waals surface area contributed by atoms with Crippen molar-refractivity contribution in [3.63, 3.8) is 0 Å². The van der Waals surface area contributed by atoms with Crippen LogP contribution in [0.15, 0.2) is 35.3 Å². The lowest BCUT2D eigenvalue weighted by Crippen LogP contribution is -2.42. The van der Waals surface area contributed by atoms with Gasteiger partial charge in [-0.15, -0.1) is 24.0 Å². The first-order chi connectivity index (χ1) is 9.65. The van der Waals surface area contributed by atoms with Crippen molar-refractivity contribution in [3.05, 3.63) is 30.3 Å². The molecule has 1 rings (SSSR count). The molecule has 1 aromatic carbocycles. The van der Waals surface area contributed by atoms with Gasteiger partial charge in [0.25, 0.3) is 0 Å². The van der Waals surface area contributed by atoms with Crippen LogP contribution in [0, 0.1) is 0 Å². The van der Waals surface area contributed by atoms with Gasteiger partial charge in [0, 0.05) is 12.6 Å². The third kappa shape index (κ3) is 8.80. The number of halogens is 1. The zero-order valence-corrected chi connectivity index (χ0v) is 15.8. The summed E-state index contributed by atoms with van der Waals surface area (Å²) in [7, 11) is 0. The molecule has 5 heteroatoms. The number of guanidine groups is 1. The summed E-state index contributed by atoms with van der Waals surface area (Å²) in [5.74, 6) is 1.74. The van der Waals surface area contributed by atoms with Gasteiger partial charge in [-0.25, -0.2) is 4.99 Å². The van der Waals surface area contributed by atoms with E-state index in [2.05, 4.69) is 36.4 Å². The Bertz CT molecular complexity index is 398. The molecule has 0 amide bonds. The van der Waals surface area contributed by atoms with Crippen molar-refractivity contribution < 1.29 is 4.74 Å². The van der Waals surface area contributed by atoms with Gasteiger partial charge in [-0.1, -0.05) is 25.1 Å². The van der Waals surface area contributed by atoms with Crippen LogP contribution in [0.4, 0.5) is 0 Å². The van der Waals surface area contributed by atoms with Gasteiger partial charge in [0.2, 0.25) is 0 Å². The van der Waals surface area contributed by atoms with E-state index in [1.807, 2.05) is 37.3 Å². The standard InChI is InChI=1S/C16H27N3O.HI/c1-5-13(3)19-16(17-6-2)18-12-14(4)20-15-10-8-7-9-11-15;/h7-11,13-14H,5-6,12H2,1-4H3,(H2,17,18,19);1H. The second-order valence-electron chi connectivity index (χ2n) is 4.91. The first-order valence-corrected chi connectivity index (χ1v) is 7.42. The molecule has 0 saturated heterocycles. The van der Waals surface area contributed by atoms with E-state index in [1.165, 1.54) is 0 Å². The Kier molecular flexibility index (Phi) is 11.1. The van der Waals surface area contributed by atoms with Crippen LogP contribution in [0.2, 0.25) is 0 Å². The zero-order valence-electron chi connectivity index (χ0n) is 13.4. The van der Waals surface area contributed by atoms with Gasteiger partial charge in [-0.2, -0.15) is 0 Å². The maximum absolute atomic E-state index is 5.81. The molecule has 0 spiro atoms. The maximum Gasteiger partial charge on any atom is 0.191 e. The molecule has 1 aromatic rings. The third-order valence-corrected chi connectivity index (χ3v) is 2.93. The lowest BCUT2D eigenvalue weighted by Gasteiger charge is -2.18. The van der Waals surface area contributed by atoms with Crippen LogP contribution < -0.4 is 15.4 Å². The number of rotatable bonds is 7. The van der Waals surface area contributed by atoms with E-state index >= 15 is 0 Å². The van der Waals surface area contributed by atoms with Gasteiger partial charge in [-0.05, 0) is 39.3 Å². The minimum Gasteiger partial charge on any atom is -0.489 e. The van der Waals surface area contributed by atoms with Crippen molar-refractivity contribution in [2.24, 2.45) is 4.99 Å². The molecule has 2 atom stereocenters. The molecule has 0 heterocycles. The summed E-state index contributed by atoms with van der Waals surface area (Å²) in [5, 5.41) is 6.62. The van der Waals surface area contributed by atoms with E-state index in [1.54, 1.807) is 0 Å². The Balaban J connectivity index is 0.00000400. The zero-order chi connectivity index (χ0) is 14.8. The largest absolute Gasteiger partial charge is 0.489 e. The summed E-state index contributed by atoms with van der Waals surface area (Å²) in [6.45, 7) is 9.89. The van der Waals surface area contributed by atoms with Gasteiger partial charge in [-0.3, -0.25) is 0 Å². The minimum absolute atomic E-state index is 0. The lowest BCUT2D eigenvalue weighted by molar-refractivity contribution is 0.230. The fourth-order valence-electron chi connectivity index (χ4n) is 1.64. The molecule has 0 aliphatic heterocycles. The molecule has 0 aliphatic rings. The fraction of sp³-hybridized carbons (Fsp3) is 0.562. The average molecular weight is 405 g/mol. The Labute approximate surface area is 145 Å². The maximum atomic E-state index is 5.81. The molecule has 0 bridgehead atoms. The number of para-hydroxylation sites is 1. The molecule has 2 unspecified atom stereocenters.